The molecule has 0 saturated carbocycles. The van der Waals surface area contributed by atoms with Gasteiger partial charge in [0.05, 0.1) is 16.0 Å². The number of carbonyl (C=O) groups excluding carboxylic acids is 1. The fourth-order valence-corrected chi connectivity index (χ4v) is 2.28. The van der Waals surface area contributed by atoms with E-state index in [1.54, 1.807) is 0 Å². The molecule has 1 aliphatic rings. The standard InChI is InChI=1S/C9H7BrClFN2O/c10-7-2-6(12)3-13-9(7)14-4-5(11)1-8(14)15/h2-3,5H,1,4H2. The highest BCUT2D eigenvalue weighted by Gasteiger charge is 2.31. The topological polar surface area (TPSA) is 33.2 Å². The first-order chi connectivity index (χ1) is 7.08. The van der Waals surface area contributed by atoms with E-state index in [0.717, 1.165) is 6.20 Å². The normalized spacial score (nSPS) is 21.1. The van der Waals surface area contributed by atoms with E-state index in [0.29, 0.717) is 23.3 Å². The minimum absolute atomic E-state index is 0.0881. The van der Waals surface area contributed by atoms with Gasteiger partial charge in [-0.25, -0.2) is 9.37 Å². The number of carbonyl (C=O) groups is 1. The van der Waals surface area contributed by atoms with Gasteiger partial charge in [-0.05, 0) is 22.0 Å². The van der Waals surface area contributed by atoms with E-state index in [1.165, 1.54) is 11.0 Å². The molecular formula is C9H7BrClFN2O. The predicted molar refractivity (Wildman–Crippen MR) is 58.5 cm³/mol. The molecule has 0 radical (unpaired) electrons. The van der Waals surface area contributed by atoms with Crippen molar-refractivity contribution in [3.05, 3.63) is 22.6 Å². The van der Waals surface area contributed by atoms with E-state index in [1.807, 2.05) is 0 Å². The first-order valence-corrected chi connectivity index (χ1v) is 5.56. The number of pyridine rings is 1. The van der Waals surface area contributed by atoms with Crippen LogP contribution in [0.3, 0.4) is 0 Å². The van der Waals surface area contributed by atoms with E-state index < -0.39 is 5.82 Å². The van der Waals surface area contributed by atoms with Crippen molar-refractivity contribution in [3.63, 3.8) is 0 Å². The summed E-state index contributed by atoms with van der Waals surface area (Å²) in [7, 11) is 0. The van der Waals surface area contributed by atoms with Gasteiger partial charge in [-0.1, -0.05) is 0 Å². The molecule has 1 amide bonds. The highest BCUT2D eigenvalue weighted by atomic mass is 79.9. The number of halogens is 3. The minimum Gasteiger partial charge on any atom is -0.294 e. The van der Waals surface area contributed by atoms with Crippen LogP contribution in [0.1, 0.15) is 6.42 Å². The summed E-state index contributed by atoms with van der Waals surface area (Å²) in [5, 5.41) is -0.198. The highest BCUT2D eigenvalue weighted by molar-refractivity contribution is 9.10. The molecule has 0 N–H and O–H groups in total. The van der Waals surface area contributed by atoms with E-state index in [4.69, 9.17) is 11.6 Å². The third-order valence-corrected chi connectivity index (χ3v) is 3.00. The SMILES string of the molecule is O=C1CC(Cl)CN1c1ncc(F)cc1Br. The Bertz CT molecular complexity index is 415. The molecule has 1 unspecified atom stereocenters. The number of hydrogen-bond donors (Lipinski definition) is 0. The molecule has 0 bridgehead atoms. The summed E-state index contributed by atoms with van der Waals surface area (Å²) in [4.78, 5) is 16.8. The first-order valence-electron chi connectivity index (χ1n) is 4.33. The maximum absolute atomic E-state index is 12.8. The lowest BCUT2D eigenvalue weighted by atomic mass is 10.4. The zero-order valence-electron chi connectivity index (χ0n) is 7.58. The van der Waals surface area contributed by atoms with Gasteiger partial charge in [0, 0.05) is 13.0 Å². The van der Waals surface area contributed by atoms with Crippen molar-refractivity contribution in [2.45, 2.75) is 11.8 Å². The summed E-state index contributed by atoms with van der Waals surface area (Å²) >= 11 is 9.02. The molecule has 1 aromatic heterocycles. The number of anilines is 1. The lowest BCUT2D eigenvalue weighted by molar-refractivity contribution is -0.117. The van der Waals surface area contributed by atoms with Gasteiger partial charge >= 0.3 is 0 Å². The predicted octanol–water partition coefficient (Wildman–Crippen LogP) is 2.33. The Morgan fingerprint density at radius 2 is 2.40 bits per heavy atom. The van der Waals surface area contributed by atoms with Gasteiger partial charge in [-0.3, -0.25) is 9.69 Å². The van der Waals surface area contributed by atoms with Crippen LogP contribution < -0.4 is 4.90 Å². The quantitative estimate of drug-likeness (QED) is 0.745. The molecule has 2 rings (SSSR count). The summed E-state index contributed by atoms with van der Waals surface area (Å²) in [6.07, 6.45) is 1.38. The Labute approximate surface area is 99.4 Å². The van der Waals surface area contributed by atoms with Crippen molar-refractivity contribution < 1.29 is 9.18 Å². The molecule has 1 fully saturated rings. The zero-order chi connectivity index (χ0) is 11.0. The molecular weight excluding hydrogens is 286 g/mol. The number of rotatable bonds is 1. The van der Waals surface area contributed by atoms with Crippen LogP contribution in [-0.4, -0.2) is 22.8 Å². The van der Waals surface area contributed by atoms with Gasteiger partial charge < -0.3 is 0 Å². The van der Waals surface area contributed by atoms with Crippen molar-refractivity contribution >= 4 is 39.3 Å². The van der Waals surface area contributed by atoms with E-state index in [9.17, 15) is 9.18 Å². The number of alkyl halides is 1. The van der Waals surface area contributed by atoms with E-state index in [2.05, 4.69) is 20.9 Å². The summed E-state index contributed by atoms with van der Waals surface area (Å²) in [5.74, 6) is -0.112. The van der Waals surface area contributed by atoms with Crippen molar-refractivity contribution in [1.82, 2.24) is 4.98 Å². The van der Waals surface area contributed by atoms with Crippen molar-refractivity contribution in [2.75, 3.05) is 11.4 Å². The van der Waals surface area contributed by atoms with Crippen LogP contribution in [-0.2, 0) is 4.79 Å². The molecule has 0 aliphatic carbocycles. The third-order valence-electron chi connectivity index (χ3n) is 2.12. The minimum atomic E-state index is -0.445. The smallest absolute Gasteiger partial charge is 0.229 e. The molecule has 1 atom stereocenters. The highest BCUT2D eigenvalue weighted by Crippen LogP contribution is 2.29. The first kappa shape index (κ1) is 10.8. The van der Waals surface area contributed by atoms with Gasteiger partial charge in [0.1, 0.15) is 11.6 Å². The maximum Gasteiger partial charge on any atom is 0.229 e. The Balaban J connectivity index is 2.34. The van der Waals surface area contributed by atoms with Crippen LogP contribution in [0.4, 0.5) is 10.2 Å². The van der Waals surface area contributed by atoms with Crippen molar-refractivity contribution in [3.8, 4) is 0 Å². The van der Waals surface area contributed by atoms with Crippen molar-refractivity contribution in [2.24, 2.45) is 0 Å². The van der Waals surface area contributed by atoms with Crippen LogP contribution in [0.15, 0.2) is 16.7 Å². The number of nitrogens with zero attached hydrogens (tertiary/aromatic N) is 2. The molecule has 15 heavy (non-hydrogen) atoms. The summed E-state index contributed by atoms with van der Waals surface area (Å²) in [6, 6.07) is 1.27. The average molecular weight is 294 g/mol. The largest absolute Gasteiger partial charge is 0.294 e. The summed E-state index contributed by atoms with van der Waals surface area (Å²) in [6.45, 7) is 0.414. The Morgan fingerprint density at radius 1 is 1.67 bits per heavy atom. The van der Waals surface area contributed by atoms with Crippen molar-refractivity contribution in [1.29, 1.82) is 0 Å². The Hall–Kier alpha value is -0.680. The van der Waals surface area contributed by atoms with Gasteiger partial charge in [0.2, 0.25) is 5.91 Å². The van der Waals surface area contributed by atoms with Crippen LogP contribution in [0.5, 0.6) is 0 Å². The molecule has 0 aromatic carbocycles. The third kappa shape index (κ3) is 2.13. The van der Waals surface area contributed by atoms with E-state index in [-0.39, 0.29) is 11.3 Å². The molecule has 80 valence electrons. The van der Waals surface area contributed by atoms with Crippen LogP contribution in [0, 0.1) is 5.82 Å². The van der Waals surface area contributed by atoms with Gasteiger partial charge in [-0.15, -0.1) is 11.6 Å². The Kier molecular flexibility index (Phi) is 2.93. The molecule has 1 aliphatic heterocycles. The maximum atomic E-state index is 12.8. The van der Waals surface area contributed by atoms with Gasteiger partial charge in [0.25, 0.3) is 0 Å². The second-order valence-electron chi connectivity index (χ2n) is 3.26. The number of hydrogen-bond acceptors (Lipinski definition) is 2. The molecule has 1 aromatic rings. The molecule has 2 heterocycles. The fourth-order valence-electron chi connectivity index (χ4n) is 1.47. The van der Waals surface area contributed by atoms with Gasteiger partial charge in [0.15, 0.2) is 0 Å². The number of amides is 1. The lowest BCUT2D eigenvalue weighted by Gasteiger charge is -2.15. The van der Waals surface area contributed by atoms with Gasteiger partial charge in [-0.2, -0.15) is 0 Å². The molecule has 1 saturated heterocycles. The average Bonchev–Trinajstić information content (AvgIpc) is 2.45. The second kappa shape index (κ2) is 4.06. The fraction of sp³-hybridized carbons (Fsp3) is 0.333. The van der Waals surface area contributed by atoms with E-state index >= 15 is 0 Å². The summed E-state index contributed by atoms with van der Waals surface area (Å²) in [5.41, 5.74) is 0. The molecule has 6 heteroatoms. The molecule has 3 nitrogen and oxygen atoms in total. The zero-order valence-corrected chi connectivity index (χ0v) is 9.92. The van der Waals surface area contributed by atoms with Crippen LogP contribution in [0.25, 0.3) is 0 Å². The molecule has 0 spiro atoms. The summed E-state index contributed by atoms with van der Waals surface area (Å²) < 4.78 is 13.2. The van der Waals surface area contributed by atoms with Crippen LogP contribution in [0.2, 0.25) is 0 Å². The van der Waals surface area contributed by atoms with Crippen LogP contribution >= 0.6 is 27.5 Å². The second-order valence-corrected chi connectivity index (χ2v) is 4.74. The number of aromatic nitrogens is 1. The monoisotopic (exact) mass is 292 g/mol. The Morgan fingerprint density at radius 3 is 2.93 bits per heavy atom. The lowest BCUT2D eigenvalue weighted by Crippen LogP contribution is -2.26.